The van der Waals surface area contributed by atoms with E-state index in [9.17, 15) is 18.5 Å². The lowest BCUT2D eigenvalue weighted by atomic mass is 10.2. The van der Waals surface area contributed by atoms with Crippen LogP contribution in [0.1, 0.15) is 24.0 Å². The minimum Gasteiger partial charge on any atom is -0.258 e. The molecule has 0 amide bonds. The SMILES string of the molecule is Cc1c([N+](=O)[O-])cccc1S(=O)(=O)N(Cc1ccccc1)C1CC1. The van der Waals surface area contributed by atoms with Gasteiger partial charge in [0, 0.05) is 24.2 Å². The van der Waals surface area contributed by atoms with Crippen molar-refractivity contribution >= 4 is 15.7 Å². The Morgan fingerprint density at radius 3 is 2.38 bits per heavy atom. The summed E-state index contributed by atoms with van der Waals surface area (Å²) in [6, 6.07) is 13.5. The van der Waals surface area contributed by atoms with Gasteiger partial charge in [0.15, 0.2) is 0 Å². The number of nitrogens with zero attached hydrogens (tertiary/aromatic N) is 2. The van der Waals surface area contributed by atoms with Crippen molar-refractivity contribution in [2.75, 3.05) is 0 Å². The van der Waals surface area contributed by atoms with Crippen molar-refractivity contribution in [3.63, 3.8) is 0 Å². The summed E-state index contributed by atoms with van der Waals surface area (Å²) in [7, 11) is -3.79. The molecule has 1 aliphatic rings. The molecule has 1 fully saturated rings. The molecule has 0 heterocycles. The van der Waals surface area contributed by atoms with E-state index in [4.69, 9.17) is 0 Å². The number of nitro groups is 1. The van der Waals surface area contributed by atoms with Gasteiger partial charge >= 0.3 is 0 Å². The normalized spacial score (nSPS) is 14.8. The van der Waals surface area contributed by atoms with Gasteiger partial charge in [0.1, 0.15) is 0 Å². The molecule has 0 saturated heterocycles. The third-order valence-corrected chi connectivity index (χ3v) is 6.22. The summed E-state index contributed by atoms with van der Waals surface area (Å²) in [6.45, 7) is 1.76. The van der Waals surface area contributed by atoms with Gasteiger partial charge < -0.3 is 0 Å². The van der Waals surface area contributed by atoms with E-state index in [1.165, 1.54) is 29.4 Å². The highest BCUT2D eigenvalue weighted by Gasteiger charge is 2.39. The standard InChI is InChI=1S/C17H18N2O4S/c1-13-16(19(20)21)8-5-9-17(13)24(22,23)18(15-10-11-15)12-14-6-3-2-4-7-14/h2-9,15H,10-12H2,1H3. The van der Waals surface area contributed by atoms with E-state index in [0.29, 0.717) is 0 Å². The molecule has 0 bridgehead atoms. The van der Waals surface area contributed by atoms with Gasteiger partial charge in [-0.15, -0.1) is 0 Å². The largest absolute Gasteiger partial charge is 0.273 e. The molecule has 0 unspecified atom stereocenters. The molecule has 0 radical (unpaired) electrons. The number of nitro benzene ring substituents is 1. The summed E-state index contributed by atoms with van der Waals surface area (Å²) in [4.78, 5) is 10.6. The molecule has 126 valence electrons. The van der Waals surface area contributed by atoms with Crippen LogP contribution in [0.3, 0.4) is 0 Å². The fraction of sp³-hybridized carbons (Fsp3) is 0.294. The van der Waals surface area contributed by atoms with Gasteiger partial charge in [-0.25, -0.2) is 8.42 Å². The van der Waals surface area contributed by atoms with E-state index in [0.717, 1.165) is 18.4 Å². The molecule has 2 aromatic rings. The number of sulfonamides is 1. The van der Waals surface area contributed by atoms with Gasteiger partial charge in [0.2, 0.25) is 10.0 Å². The Morgan fingerprint density at radius 1 is 1.12 bits per heavy atom. The average molecular weight is 346 g/mol. The molecular formula is C17H18N2O4S. The first-order chi connectivity index (χ1) is 11.4. The third-order valence-electron chi connectivity index (χ3n) is 4.17. The number of rotatable bonds is 6. The molecule has 0 atom stereocenters. The van der Waals surface area contributed by atoms with Gasteiger partial charge in [0.25, 0.3) is 5.69 Å². The summed E-state index contributed by atoms with van der Waals surface area (Å²) >= 11 is 0. The molecule has 24 heavy (non-hydrogen) atoms. The van der Waals surface area contributed by atoms with Crippen molar-refractivity contribution in [1.82, 2.24) is 4.31 Å². The first kappa shape index (κ1) is 16.6. The van der Waals surface area contributed by atoms with Crippen LogP contribution in [0.15, 0.2) is 53.4 Å². The predicted octanol–water partition coefficient (Wildman–Crippen LogP) is 3.26. The lowest BCUT2D eigenvalue weighted by Crippen LogP contribution is -2.33. The maximum absolute atomic E-state index is 13.1. The second kappa shape index (κ2) is 6.33. The molecule has 0 N–H and O–H groups in total. The smallest absolute Gasteiger partial charge is 0.258 e. The molecule has 3 rings (SSSR count). The summed E-state index contributed by atoms with van der Waals surface area (Å²) in [5.74, 6) is 0. The van der Waals surface area contributed by atoms with Crippen LogP contribution in [-0.4, -0.2) is 23.7 Å². The van der Waals surface area contributed by atoms with Crippen LogP contribution in [0.4, 0.5) is 5.69 Å². The van der Waals surface area contributed by atoms with Crippen LogP contribution in [-0.2, 0) is 16.6 Å². The highest BCUT2D eigenvalue weighted by Crippen LogP contribution is 2.35. The van der Waals surface area contributed by atoms with Crippen molar-refractivity contribution in [3.05, 3.63) is 69.8 Å². The minimum atomic E-state index is -3.79. The molecule has 1 saturated carbocycles. The van der Waals surface area contributed by atoms with Crippen molar-refractivity contribution < 1.29 is 13.3 Å². The summed E-state index contributed by atoms with van der Waals surface area (Å²) < 4.78 is 27.7. The second-order valence-electron chi connectivity index (χ2n) is 5.92. The van der Waals surface area contributed by atoms with Crippen molar-refractivity contribution in [2.24, 2.45) is 0 Å². The summed E-state index contributed by atoms with van der Waals surface area (Å²) in [5.41, 5.74) is 0.906. The van der Waals surface area contributed by atoms with E-state index in [1.807, 2.05) is 30.3 Å². The zero-order chi connectivity index (χ0) is 17.3. The number of benzene rings is 2. The van der Waals surface area contributed by atoms with E-state index in [1.54, 1.807) is 0 Å². The predicted molar refractivity (Wildman–Crippen MR) is 90.0 cm³/mol. The van der Waals surface area contributed by atoms with Gasteiger partial charge in [0.05, 0.1) is 9.82 Å². The van der Waals surface area contributed by atoms with Gasteiger partial charge in [-0.1, -0.05) is 36.4 Å². The summed E-state index contributed by atoms with van der Waals surface area (Å²) in [5, 5.41) is 11.1. The van der Waals surface area contributed by atoms with Crippen LogP contribution in [0.25, 0.3) is 0 Å². The molecule has 2 aromatic carbocycles. The van der Waals surface area contributed by atoms with E-state index in [-0.39, 0.29) is 28.7 Å². The fourth-order valence-electron chi connectivity index (χ4n) is 2.74. The molecule has 0 aliphatic heterocycles. The Balaban J connectivity index is 2.01. The fourth-order valence-corrected chi connectivity index (χ4v) is 4.66. The average Bonchev–Trinajstić information content (AvgIpc) is 3.38. The molecule has 0 spiro atoms. The third kappa shape index (κ3) is 3.18. The molecular weight excluding hydrogens is 328 g/mol. The van der Waals surface area contributed by atoms with Crippen LogP contribution in [0.2, 0.25) is 0 Å². The van der Waals surface area contributed by atoms with Crippen molar-refractivity contribution in [2.45, 2.75) is 37.2 Å². The highest BCUT2D eigenvalue weighted by atomic mass is 32.2. The van der Waals surface area contributed by atoms with Gasteiger partial charge in [-0.3, -0.25) is 10.1 Å². The Bertz CT molecular complexity index is 861. The van der Waals surface area contributed by atoms with Crippen molar-refractivity contribution in [3.8, 4) is 0 Å². The highest BCUT2D eigenvalue weighted by molar-refractivity contribution is 7.89. The van der Waals surface area contributed by atoms with E-state index in [2.05, 4.69) is 0 Å². The van der Waals surface area contributed by atoms with E-state index < -0.39 is 14.9 Å². The van der Waals surface area contributed by atoms with Crippen LogP contribution < -0.4 is 0 Å². The lowest BCUT2D eigenvalue weighted by molar-refractivity contribution is -0.385. The van der Waals surface area contributed by atoms with Gasteiger partial charge in [-0.05, 0) is 31.4 Å². The Kier molecular flexibility index (Phi) is 4.38. The molecule has 0 aromatic heterocycles. The Hall–Kier alpha value is -2.25. The second-order valence-corrected chi connectivity index (χ2v) is 7.78. The topological polar surface area (TPSA) is 80.5 Å². The lowest BCUT2D eigenvalue weighted by Gasteiger charge is -2.23. The number of hydrogen-bond donors (Lipinski definition) is 0. The maximum atomic E-state index is 13.1. The molecule has 7 heteroatoms. The first-order valence-corrected chi connectivity index (χ1v) is 9.15. The van der Waals surface area contributed by atoms with Gasteiger partial charge in [-0.2, -0.15) is 4.31 Å². The van der Waals surface area contributed by atoms with Crippen LogP contribution >= 0.6 is 0 Å². The first-order valence-electron chi connectivity index (χ1n) is 7.71. The Labute approximate surface area is 140 Å². The molecule has 1 aliphatic carbocycles. The summed E-state index contributed by atoms with van der Waals surface area (Å²) in [6.07, 6.45) is 1.64. The quantitative estimate of drug-likeness (QED) is 0.594. The number of hydrogen-bond acceptors (Lipinski definition) is 4. The minimum absolute atomic E-state index is 0.0135. The maximum Gasteiger partial charge on any atom is 0.273 e. The Morgan fingerprint density at radius 2 is 1.79 bits per heavy atom. The van der Waals surface area contributed by atoms with Crippen LogP contribution in [0.5, 0.6) is 0 Å². The zero-order valence-electron chi connectivity index (χ0n) is 13.3. The van der Waals surface area contributed by atoms with E-state index >= 15 is 0 Å². The molecule has 6 nitrogen and oxygen atoms in total. The van der Waals surface area contributed by atoms with Crippen molar-refractivity contribution in [1.29, 1.82) is 0 Å². The monoisotopic (exact) mass is 346 g/mol. The zero-order valence-corrected chi connectivity index (χ0v) is 14.1. The van der Waals surface area contributed by atoms with Crippen LogP contribution in [0, 0.1) is 17.0 Å².